The van der Waals surface area contributed by atoms with Crippen molar-refractivity contribution < 1.29 is 19.7 Å². The number of ether oxygens (including phenoxy) is 1. The zero-order valence-electron chi connectivity index (χ0n) is 14.7. The van der Waals surface area contributed by atoms with Gasteiger partial charge >= 0.3 is 0 Å². The fourth-order valence-electron chi connectivity index (χ4n) is 3.30. The summed E-state index contributed by atoms with van der Waals surface area (Å²) in [5, 5.41) is 23.3. The highest BCUT2D eigenvalue weighted by Gasteiger charge is 2.33. The lowest BCUT2D eigenvalue weighted by Gasteiger charge is -2.34. The number of hydrogen-bond donors (Lipinski definition) is 3. The molecule has 1 saturated carbocycles. The zero-order chi connectivity index (χ0) is 17.7. The molecule has 0 spiro atoms. The van der Waals surface area contributed by atoms with E-state index >= 15 is 0 Å². The number of methoxy groups -OCH3 is 1. The first kappa shape index (κ1) is 18.5. The first-order valence-electron chi connectivity index (χ1n) is 8.61. The van der Waals surface area contributed by atoms with E-state index in [2.05, 4.69) is 10.2 Å². The summed E-state index contributed by atoms with van der Waals surface area (Å²) in [6, 6.07) is 4.70. The second-order valence-electron chi connectivity index (χ2n) is 6.15. The molecule has 0 heterocycles. The van der Waals surface area contributed by atoms with Crippen molar-refractivity contribution >= 4 is 11.6 Å². The highest BCUT2D eigenvalue weighted by atomic mass is 16.5. The molecule has 0 unspecified atom stereocenters. The molecule has 134 valence electrons. The van der Waals surface area contributed by atoms with Crippen LogP contribution in [0, 0.1) is 0 Å². The monoisotopic (exact) mass is 336 g/mol. The Morgan fingerprint density at radius 3 is 2.62 bits per heavy atom. The standard InChI is InChI=1S/C18H28N2O4/c1-4-20(5-2)12-9-10-13(15(21)11-12)18(23)19-14-7-6-8-16(24-3)17(14)22/h9-11,14,16-17,21-22H,4-8H2,1-3H3,(H,19,23)/t14-,16-,17-/m1/s1. The van der Waals surface area contributed by atoms with E-state index in [1.165, 1.54) is 0 Å². The fraction of sp³-hybridized carbons (Fsp3) is 0.611. The van der Waals surface area contributed by atoms with E-state index in [1.54, 1.807) is 19.2 Å². The predicted octanol–water partition coefficient (Wildman–Crippen LogP) is 1.90. The average Bonchev–Trinajstić information content (AvgIpc) is 2.58. The Balaban J connectivity index is 2.09. The lowest BCUT2D eigenvalue weighted by atomic mass is 9.89. The van der Waals surface area contributed by atoms with Crippen LogP contribution >= 0.6 is 0 Å². The number of rotatable bonds is 6. The maximum atomic E-state index is 12.5. The van der Waals surface area contributed by atoms with E-state index < -0.39 is 6.10 Å². The van der Waals surface area contributed by atoms with Gasteiger partial charge in [0.2, 0.25) is 0 Å². The largest absolute Gasteiger partial charge is 0.507 e. The first-order chi connectivity index (χ1) is 11.5. The Morgan fingerprint density at radius 2 is 2.04 bits per heavy atom. The van der Waals surface area contributed by atoms with Crippen molar-refractivity contribution in [3.63, 3.8) is 0 Å². The minimum Gasteiger partial charge on any atom is -0.507 e. The van der Waals surface area contributed by atoms with Gasteiger partial charge in [0.05, 0.1) is 17.7 Å². The molecule has 1 amide bonds. The molecule has 6 heteroatoms. The van der Waals surface area contributed by atoms with Crippen molar-refractivity contribution in [2.45, 2.75) is 51.4 Å². The number of amides is 1. The molecule has 0 aliphatic heterocycles. The fourth-order valence-corrected chi connectivity index (χ4v) is 3.30. The van der Waals surface area contributed by atoms with Gasteiger partial charge in [-0.15, -0.1) is 0 Å². The van der Waals surface area contributed by atoms with Crippen LogP contribution in [0.4, 0.5) is 5.69 Å². The summed E-state index contributed by atoms with van der Waals surface area (Å²) in [5.41, 5.74) is 1.10. The van der Waals surface area contributed by atoms with Crippen molar-refractivity contribution in [2.75, 3.05) is 25.1 Å². The number of nitrogens with one attached hydrogen (secondary N) is 1. The van der Waals surface area contributed by atoms with Gasteiger partial charge in [0.15, 0.2) is 0 Å². The topological polar surface area (TPSA) is 82.0 Å². The number of aliphatic hydroxyl groups excluding tert-OH is 1. The Labute approximate surface area is 143 Å². The number of aromatic hydroxyl groups is 1. The maximum absolute atomic E-state index is 12.5. The van der Waals surface area contributed by atoms with Gasteiger partial charge in [0.25, 0.3) is 5.91 Å². The van der Waals surface area contributed by atoms with Gasteiger partial charge in [-0.25, -0.2) is 0 Å². The number of phenols is 1. The molecule has 3 N–H and O–H groups in total. The number of hydrogen-bond acceptors (Lipinski definition) is 5. The van der Waals surface area contributed by atoms with Gasteiger partial charge in [-0.1, -0.05) is 0 Å². The second kappa shape index (κ2) is 8.35. The molecule has 1 aromatic rings. The molecular weight excluding hydrogens is 308 g/mol. The predicted molar refractivity (Wildman–Crippen MR) is 93.6 cm³/mol. The third kappa shape index (κ3) is 3.99. The minimum absolute atomic E-state index is 0.0505. The molecule has 0 aromatic heterocycles. The van der Waals surface area contributed by atoms with E-state index in [0.29, 0.717) is 6.42 Å². The number of anilines is 1. The summed E-state index contributed by atoms with van der Waals surface area (Å²) in [4.78, 5) is 14.6. The van der Waals surface area contributed by atoms with Crippen LogP contribution in [0.2, 0.25) is 0 Å². The van der Waals surface area contributed by atoms with Crippen LogP contribution in [0.5, 0.6) is 5.75 Å². The number of phenolic OH excluding ortho intramolecular Hbond substituents is 1. The molecular formula is C18H28N2O4. The Bertz CT molecular complexity index is 560. The first-order valence-corrected chi connectivity index (χ1v) is 8.61. The van der Waals surface area contributed by atoms with Crippen LogP contribution in [0.3, 0.4) is 0 Å². The summed E-state index contributed by atoms with van der Waals surface area (Å²) < 4.78 is 5.26. The third-order valence-electron chi connectivity index (χ3n) is 4.77. The van der Waals surface area contributed by atoms with E-state index in [0.717, 1.165) is 31.6 Å². The van der Waals surface area contributed by atoms with Crippen LogP contribution in [-0.2, 0) is 4.74 Å². The zero-order valence-corrected chi connectivity index (χ0v) is 14.7. The average molecular weight is 336 g/mol. The van der Waals surface area contributed by atoms with Crippen molar-refractivity contribution in [3.05, 3.63) is 23.8 Å². The molecule has 1 aliphatic rings. The molecule has 0 bridgehead atoms. The van der Waals surface area contributed by atoms with Crippen LogP contribution < -0.4 is 10.2 Å². The van der Waals surface area contributed by atoms with Gasteiger partial charge in [-0.05, 0) is 45.2 Å². The van der Waals surface area contributed by atoms with Crippen molar-refractivity contribution in [2.24, 2.45) is 0 Å². The smallest absolute Gasteiger partial charge is 0.255 e. The molecule has 0 saturated heterocycles. The van der Waals surface area contributed by atoms with E-state index in [9.17, 15) is 15.0 Å². The van der Waals surface area contributed by atoms with Gasteiger partial charge in [0.1, 0.15) is 11.9 Å². The van der Waals surface area contributed by atoms with Gasteiger partial charge in [-0.3, -0.25) is 4.79 Å². The van der Waals surface area contributed by atoms with Crippen LogP contribution in [0.25, 0.3) is 0 Å². The number of nitrogens with zero attached hydrogens (tertiary/aromatic N) is 1. The summed E-state index contributed by atoms with van der Waals surface area (Å²) in [6.45, 7) is 5.73. The van der Waals surface area contributed by atoms with E-state index in [-0.39, 0.29) is 29.4 Å². The lowest BCUT2D eigenvalue weighted by molar-refractivity contribution is -0.0513. The summed E-state index contributed by atoms with van der Waals surface area (Å²) in [6.07, 6.45) is 1.37. The highest BCUT2D eigenvalue weighted by Crippen LogP contribution is 2.26. The van der Waals surface area contributed by atoms with Crippen molar-refractivity contribution in [1.82, 2.24) is 5.32 Å². The van der Waals surface area contributed by atoms with E-state index in [1.807, 2.05) is 19.9 Å². The second-order valence-corrected chi connectivity index (χ2v) is 6.15. The number of carbonyl (C=O) groups excluding carboxylic acids is 1. The van der Waals surface area contributed by atoms with Crippen LogP contribution in [-0.4, -0.2) is 54.6 Å². The van der Waals surface area contributed by atoms with E-state index in [4.69, 9.17) is 4.74 Å². The molecule has 2 rings (SSSR count). The van der Waals surface area contributed by atoms with Gasteiger partial charge < -0.3 is 25.2 Å². The number of benzene rings is 1. The molecule has 0 radical (unpaired) electrons. The summed E-state index contributed by atoms with van der Waals surface area (Å²) in [5.74, 6) is -0.426. The maximum Gasteiger partial charge on any atom is 0.255 e. The third-order valence-corrected chi connectivity index (χ3v) is 4.77. The molecule has 6 nitrogen and oxygen atoms in total. The van der Waals surface area contributed by atoms with Crippen LogP contribution in [0.1, 0.15) is 43.5 Å². The SMILES string of the molecule is CCN(CC)c1ccc(C(=O)N[C@@H]2CCC[C@@H](OC)[C@@H]2O)c(O)c1. The number of carbonyl (C=O) groups is 1. The quantitative estimate of drug-likeness (QED) is 0.739. The highest BCUT2D eigenvalue weighted by molar-refractivity contribution is 5.97. The minimum atomic E-state index is -0.732. The normalized spacial score (nSPS) is 23.8. The molecule has 1 aliphatic carbocycles. The molecule has 1 fully saturated rings. The number of aliphatic hydroxyl groups is 1. The molecule has 1 aromatic carbocycles. The van der Waals surface area contributed by atoms with Crippen molar-refractivity contribution in [1.29, 1.82) is 0 Å². The van der Waals surface area contributed by atoms with Gasteiger partial charge in [-0.2, -0.15) is 0 Å². The Kier molecular flexibility index (Phi) is 6.45. The summed E-state index contributed by atoms with van der Waals surface area (Å²) >= 11 is 0. The van der Waals surface area contributed by atoms with Crippen LogP contribution in [0.15, 0.2) is 18.2 Å². The summed E-state index contributed by atoms with van der Waals surface area (Å²) in [7, 11) is 1.57. The van der Waals surface area contributed by atoms with Gasteiger partial charge in [0, 0.05) is 32.0 Å². The Hall–Kier alpha value is -1.79. The Morgan fingerprint density at radius 1 is 1.33 bits per heavy atom. The van der Waals surface area contributed by atoms with Crippen molar-refractivity contribution in [3.8, 4) is 5.75 Å². The molecule has 3 atom stereocenters. The molecule has 24 heavy (non-hydrogen) atoms. The lowest BCUT2D eigenvalue weighted by Crippen LogP contribution is -2.51.